The number of nitrogens with zero attached hydrogens (tertiary/aromatic N) is 1. The van der Waals surface area contributed by atoms with Gasteiger partial charge in [-0.15, -0.1) is 0 Å². The van der Waals surface area contributed by atoms with Gasteiger partial charge in [-0.3, -0.25) is 0 Å². The van der Waals surface area contributed by atoms with Crippen molar-refractivity contribution in [2.75, 3.05) is 10.2 Å². The van der Waals surface area contributed by atoms with E-state index in [0.29, 0.717) is 5.92 Å². The van der Waals surface area contributed by atoms with Gasteiger partial charge in [0, 0.05) is 16.8 Å². The van der Waals surface area contributed by atoms with E-state index in [0.717, 1.165) is 28.5 Å². The number of fused-ring (bicyclic) bond motifs is 3. The number of rotatable bonds is 4. The molecule has 0 amide bonds. The van der Waals surface area contributed by atoms with E-state index < -0.39 is 0 Å². The first-order valence-electron chi connectivity index (χ1n) is 13.6. The molecule has 1 N–H and O–H groups in total. The molecule has 0 aromatic heterocycles. The molecule has 2 nitrogen and oxygen atoms in total. The van der Waals surface area contributed by atoms with Crippen LogP contribution < -0.4 is 10.2 Å². The Hall–Kier alpha value is -2.45. The molecule has 0 spiro atoms. The molecule has 3 aromatic rings. The third kappa shape index (κ3) is 3.93. The lowest BCUT2D eigenvalue weighted by Crippen LogP contribution is -2.54. The van der Waals surface area contributed by atoms with Crippen LogP contribution in [0.5, 0.6) is 0 Å². The first kappa shape index (κ1) is 25.2. The Morgan fingerprint density at radius 3 is 2.25 bits per heavy atom. The van der Waals surface area contributed by atoms with Crippen molar-refractivity contribution in [2.24, 2.45) is 0 Å². The van der Waals surface area contributed by atoms with Crippen LogP contribution in [0.1, 0.15) is 96.8 Å². The molecule has 2 aliphatic rings. The second-order valence-electron chi connectivity index (χ2n) is 12.7. The summed E-state index contributed by atoms with van der Waals surface area (Å²) in [5.41, 5.74) is 8.88. The van der Waals surface area contributed by atoms with Crippen molar-refractivity contribution in [1.82, 2.24) is 0 Å². The highest BCUT2D eigenvalue weighted by molar-refractivity contribution is 6.36. The minimum Gasteiger partial charge on any atom is -0.354 e. The summed E-state index contributed by atoms with van der Waals surface area (Å²) in [5.74, 6) is 0.517. The van der Waals surface area contributed by atoms with E-state index in [-0.39, 0.29) is 16.4 Å². The lowest BCUT2D eigenvalue weighted by atomic mass is 9.61. The number of benzene rings is 3. The van der Waals surface area contributed by atoms with Crippen molar-refractivity contribution in [3.8, 4) is 0 Å². The quantitative estimate of drug-likeness (QED) is 0.383. The zero-order valence-electron chi connectivity index (χ0n) is 23.0. The lowest BCUT2D eigenvalue weighted by molar-refractivity contribution is 0.195. The van der Waals surface area contributed by atoms with Gasteiger partial charge < -0.3 is 10.2 Å². The first-order chi connectivity index (χ1) is 17.0. The van der Waals surface area contributed by atoms with Gasteiger partial charge in [0.2, 0.25) is 0 Å². The highest BCUT2D eigenvalue weighted by Gasteiger charge is 2.58. The van der Waals surface area contributed by atoms with Crippen LogP contribution in [0.3, 0.4) is 0 Å². The maximum absolute atomic E-state index is 7.23. The highest BCUT2D eigenvalue weighted by Crippen LogP contribution is 2.62. The Morgan fingerprint density at radius 2 is 1.58 bits per heavy atom. The number of nitrogens with one attached hydrogen (secondary N) is 1. The molecule has 1 aliphatic carbocycles. The molecule has 1 aliphatic heterocycles. The average Bonchev–Trinajstić information content (AvgIpc) is 3.03. The van der Waals surface area contributed by atoms with Crippen LogP contribution in [-0.4, -0.2) is 5.54 Å². The van der Waals surface area contributed by atoms with E-state index in [4.69, 9.17) is 11.6 Å². The second kappa shape index (κ2) is 8.84. The molecular formula is C33H41ClN2. The molecule has 0 saturated heterocycles. The molecule has 1 heterocycles. The molecule has 3 aromatic carbocycles. The highest BCUT2D eigenvalue weighted by atomic mass is 35.5. The molecule has 3 heteroatoms. The molecule has 2 unspecified atom stereocenters. The minimum atomic E-state index is -0.0141. The van der Waals surface area contributed by atoms with E-state index in [9.17, 15) is 0 Å². The van der Waals surface area contributed by atoms with Gasteiger partial charge >= 0.3 is 0 Å². The average molecular weight is 501 g/mol. The van der Waals surface area contributed by atoms with Crippen LogP contribution in [0.25, 0.3) is 0 Å². The smallest absolute Gasteiger partial charge is 0.0877 e. The Bertz CT molecular complexity index is 1270. The van der Waals surface area contributed by atoms with Gasteiger partial charge in [0.25, 0.3) is 0 Å². The summed E-state index contributed by atoms with van der Waals surface area (Å²) < 4.78 is 0. The van der Waals surface area contributed by atoms with E-state index in [1.165, 1.54) is 41.6 Å². The van der Waals surface area contributed by atoms with Crippen molar-refractivity contribution in [3.63, 3.8) is 0 Å². The maximum atomic E-state index is 7.23. The van der Waals surface area contributed by atoms with E-state index >= 15 is 0 Å². The van der Waals surface area contributed by atoms with Crippen molar-refractivity contribution in [1.29, 1.82) is 0 Å². The van der Waals surface area contributed by atoms with Crippen molar-refractivity contribution < 1.29 is 0 Å². The number of hydrogen-bond donors (Lipinski definition) is 1. The number of hydrogen-bond acceptors (Lipinski definition) is 2. The summed E-state index contributed by atoms with van der Waals surface area (Å²) in [6.07, 6.45) is 4.91. The van der Waals surface area contributed by atoms with E-state index in [1.807, 2.05) is 0 Å². The zero-order valence-corrected chi connectivity index (χ0v) is 23.8. The van der Waals surface area contributed by atoms with Gasteiger partial charge in [0.05, 0.1) is 21.9 Å². The predicted octanol–water partition coefficient (Wildman–Crippen LogP) is 10.2. The van der Waals surface area contributed by atoms with Crippen LogP contribution in [0, 0.1) is 0 Å². The summed E-state index contributed by atoms with van der Waals surface area (Å²) in [6.45, 7) is 16.3. The third-order valence-electron chi connectivity index (χ3n) is 9.04. The van der Waals surface area contributed by atoms with Gasteiger partial charge in [-0.05, 0) is 78.1 Å². The SMILES string of the molecule is CC(C)c1ccc2c(c1)C1(C)CCCCC1(C)N2c1cccc(Nc2ccc(C(C)(C)C)cc2)c1Cl. The molecular weight excluding hydrogens is 460 g/mol. The van der Waals surface area contributed by atoms with Crippen LogP contribution in [0.2, 0.25) is 5.02 Å². The second-order valence-corrected chi connectivity index (χ2v) is 13.0. The van der Waals surface area contributed by atoms with Crippen LogP contribution in [0.4, 0.5) is 22.7 Å². The molecule has 5 rings (SSSR count). The zero-order chi connectivity index (χ0) is 25.9. The van der Waals surface area contributed by atoms with Gasteiger partial charge in [-0.25, -0.2) is 0 Å². The largest absolute Gasteiger partial charge is 0.354 e. The van der Waals surface area contributed by atoms with Gasteiger partial charge in [-0.2, -0.15) is 0 Å². The summed E-state index contributed by atoms with van der Waals surface area (Å²) in [4.78, 5) is 2.57. The summed E-state index contributed by atoms with van der Waals surface area (Å²) >= 11 is 7.23. The standard InChI is InChI=1S/C33H41ClN2/c1-22(2)23-13-18-28-26(21-23)32(6)19-8-9-20-33(32,7)36(28)29-12-10-11-27(30(29)34)35-25-16-14-24(15-17-25)31(3,4)5/h10-18,21-22,35H,8-9,19-20H2,1-7H3. The third-order valence-corrected chi connectivity index (χ3v) is 9.44. The van der Waals surface area contributed by atoms with Gasteiger partial charge in [0.15, 0.2) is 0 Å². The lowest BCUT2D eigenvalue weighted by Gasteiger charge is -2.50. The summed E-state index contributed by atoms with van der Waals surface area (Å²) in [7, 11) is 0. The van der Waals surface area contributed by atoms with Crippen molar-refractivity contribution >= 4 is 34.4 Å². The van der Waals surface area contributed by atoms with E-state index in [1.54, 1.807) is 0 Å². The Kier molecular flexibility index (Phi) is 6.19. The minimum absolute atomic E-state index is 0.0141. The fraction of sp³-hybridized carbons (Fsp3) is 0.455. The molecule has 1 fully saturated rings. The summed E-state index contributed by atoms with van der Waals surface area (Å²) in [5, 5.41) is 4.38. The Balaban J connectivity index is 1.58. The predicted molar refractivity (Wildman–Crippen MR) is 157 cm³/mol. The molecule has 190 valence electrons. The fourth-order valence-electron chi connectivity index (χ4n) is 6.49. The van der Waals surface area contributed by atoms with Crippen LogP contribution in [-0.2, 0) is 10.8 Å². The fourth-order valence-corrected chi connectivity index (χ4v) is 6.74. The molecule has 0 bridgehead atoms. The van der Waals surface area contributed by atoms with Crippen molar-refractivity contribution in [2.45, 2.75) is 96.4 Å². The summed E-state index contributed by atoms with van der Waals surface area (Å²) in [6, 6.07) is 22.3. The van der Waals surface area contributed by atoms with Gasteiger partial charge in [-0.1, -0.05) is 96.3 Å². The molecule has 1 saturated carbocycles. The van der Waals surface area contributed by atoms with Crippen LogP contribution >= 0.6 is 11.6 Å². The molecule has 36 heavy (non-hydrogen) atoms. The van der Waals surface area contributed by atoms with E-state index in [2.05, 4.69) is 119 Å². The van der Waals surface area contributed by atoms with Crippen molar-refractivity contribution in [3.05, 3.63) is 82.4 Å². The maximum Gasteiger partial charge on any atom is 0.0877 e. The molecule has 0 radical (unpaired) electrons. The number of halogens is 1. The Labute approximate surface area is 223 Å². The molecule has 2 atom stereocenters. The van der Waals surface area contributed by atoms with Gasteiger partial charge in [0.1, 0.15) is 0 Å². The monoisotopic (exact) mass is 500 g/mol. The van der Waals surface area contributed by atoms with Crippen LogP contribution in [0.15, 0.2) is 60.7 Å². The first-order valence-corrected chi connectivity index (χ1v) is 13.9. The Morgan fingerprint density at radius 1 is 0.889 bits per heavy atom. The number of anilines is 4. The topological polar surface area (TPSA) is 15.3 Å². The normalized spacial score (nSPS) is 23.5.